The molecule has 1 aliphatic heterocycles. The third kappa shape index (κ3) is 3.21. The lowest BCUT2D eigenvalue weighted by Gasteiger charge is -2.29. The third-order valence-electron chi connectivity index (χ3n) is 5.04. The predicted molar refractivity (Wildman–Crippen MR) is 93.6 cm³/mol. The number of amides is 1. The molecule has 1 saturated carbocycles. The first-order valence-electron chi connectivity index (χ1n) is 8.60. The van der Waals surface area contributed by atoms with E-state index in [4.69, 9.17) is 0 Å². The number of benzene rings is 1. The summed E-state index contributed by atoms with van der Waals surface area (Å²) in [5, 5.41) is 0. The Balaban J connectivity index is 1.56. The summed E-state index contributed by atoms with van der Waals surface area (Å²) in [6, 6.07) is 8.86. The van der Waals surface area contributed by atoms with Gasteiger partial charge in [-0.1, -0.05) is 12.5 Å². The predicted octanol–water partition coefficient (Wildman–Crippen LogP) is 2.04. The Morgan fingerprint density at radius 3 is 2.72 bits per heavy atom. The van der Waals surface area contributed by atoms with Crippen LogP contribution in [0, 0.1) is 0 Å². The van der Waals surface area contributed by atoms with Crippen molar-refractivity contribution in [3.8, 4) is 0 Å². The minimum Gasteiger partial charge on any atom is -0.357 e. The van der Waals surface area contributed by atoms with E-state index in [2.05, 4.69) is 9.71 Å². The number of nitrogens with one attached hydrogen (secondary N) is 2. The lowest BCUT2D eigenvalue weighted by atomic mass is 9.94. The van der Waals surface area contributed by atoms with Crippen LogP contribution < -0.4 is 4.72 Å². The SMILES string of the molecule is O=C(c1ccc[nH]1)N1CCc2ccc(S(=O)(=O)NC3CCC3)cc2C1. The Labute approximate surface area is 147 Å². The van der Waals surface area contributed by atoms with Crippen molar-refractivity contribution in [2.45, 2.75) is 43.2 Å². The Morgan fingerprint density at radius 1 is 1.20 bits per heavy atom. The summed E-state index contributed by atoms with van der Waals surface area (Å²) in [5.74, 6) is -0.0588. The van der Waals surface area contributed by atoms with Crippen LogP contribution in [-0.2, 0) is 23.0 Å². The molecule has 7 heteroatoms. The maximum atomic E-state index is 12.5. The zero-order valence-corrected chi connectivity index (χ0v) is 14.7. The van der Waals surface area contributed by atoms with Crippen molar-refractivity contribution in [1.29, 1.82) is 0 Å². The fraction of sp³-hybridized carbons (Fsp3) is 0.389. The molecular weight excluding hydrogens is 338 g/mol. The van der Waals surface area contributed by atoms with E-state index in [1.807, 2.05) is 6.07 Å². The molecule has 1 aromatic heterocycles. The van der Waals surface area contributed by atoms with Crippen LogP contribution in [0.25, 0.3) is 0 Å². The van der Waals surface area contributed by atoms with Gasteiger partial charge in [-0.25, -0.2) is 13.1 Å². The van der Waals surface area contributed by atoms with Crippen molar-refractivity contribution in [2.75, 3.05) is 6.54 Å². The molecule has 2 aromatic rings. The molecule has 132 valence electrons. The molecule has 1 amide bonds. The number of sulfonamides is 1. The molecule has 6 nitrogen and oxygen atoms in total. The maximum Gasteiger partial charge on any atom is 0.270 e. The quantitative estimate of drug-likeness (QED) is 0.876. The van der Waals surface area contributed by atoms with Gasteiger partial charge in [-0.05, 0) is 54.7 Å². The van der Waals surface area contributed by atoms with Crippen LogP contribution in [-0.4, -0.2) is 36.8 Å². The van der Waals surface area contributed by atoms with Crippen LogP contribution in [0.15, 0.2) is 41.4 Å². The highest BCUT2D eigenvalue weighted by atomic mass is 32.2. The van der Waals surface area contributed by atoms with Gasteiger partial charge < -0.3 is 9.88 Å². The molecule has 1 fully saturated rings. The van der Waals surface area contributed by atoms with Crippen LogP contribution in [0.1, 0.15) is 40.9 Å². The summed E-state index contributed by atoms with van der Waals surface area (Å²) in [6.07, 6.45) is 5.35. The number of carbonyl (C=O) groups excluding carboxylic acids is 1. The summed E-state index contributed by atoms with van der Waals surface area (Å²) < 4.78 is 27.8. The standard InChI is InChI=1S/C18H21N3O3S/c22-18(17-5-2-9-19-17)21-10-8-13-6-7-16(11-14(13)12-21)25(23,24)20-15-3-1-4-15/h2,5-7,9,11,15,19-20H,1,3-4,8,10,12H2. The molecule has 0 spiro atoms. The normalized spacial score (nSPS) is 17.8. The molecule has 2 N–H and O–H groups in total. The summed E-state index contributed by atoms with van der Waals surface area (Å²) in [4.78, 5) is 17.5. The summed E-state index contributed by atoms with van der Waals surface area (Å²) in [7, 11) is -3.49. The van der Waals surface area contributed by atoms with Crippen LogP contribution in [0.3, 0.4) is 0 Å². The lowest BCUT2D eigenvalue weighted by Crippen LogP contribution is -2.39. The third-order valence-corrected chi connectivity index (χ3v) is 6.56. The maximum absolute atomic E-state index is 12.5. The molecule has 0 unspecified atom stereocenters. The van der Waals surface area contributed by atoms with Crippen molar-refractivity contribution in [3.63, 3.8) is 0 Å². The molecular formula is C18H21N3O3S. The fourth-order valence-corrected chi connectivity index (χ4v) is 4.68. The molecule has 0 bridgehead atoms. The van der Waals surface area contributed by atoms with Crippen LogP contribution in [0.4, 0.5) is 0 Å². The minimum atomic E-state index is -3.49. The van der Waals surface area contributed by atoms with E-state index >= 15 is 0 Å². The highest BCUT2D eigenvalue weighted by Gasteiger charge is 2.27. The van der Waals surface area contributed by atoms with E-state index in [0.29, 0.717) is 18.8 Å². The monoisotopic (exact) mass is 359 g/mol. The zero-order valence-electron chi connectivity index (χ0n) is 13.9. The molecule has 25 heavy (non-hydrogen) atoms. The van der Waals surface area contributed by atoms with Gasteiger partial charge in [0.05, 0.1) is 4.90 Å². The van der Waals surface area contributed by atoms with Gasteiger partial charge in [-0.3, -0.25) is 4.79 Å². The lowest BCUT2D eigenvalue weighted by molar-refractivity contribution is 0.0729. The minimum absolute atomic E-state index is 0.0588. The molecule has 0 saturated heterocycles. The van der Waals surface area contributed by atoms with Gasteiger partial charge in [0.2, 0.25) is 10.0 Å². The van der Waals surface area contributed by atoms with Gasteiger partial charge in [0, 0.05) is 25.3 Å². The molecule has 1 aromatic carbocycles. The molecule has 4 rings (SSSR count). The van der Waals surface area contributed by atoms with E-state index in [9.17, 15) is 13.2 Å². The first kappa shape index (κ1) is 16.4. The number of nitrogens with zero attached hydrogens (tertiary/aromatic N) is 1. The fourth-order valence-electron chi connectivity index (χ4n) is 3.32. The molecule has 0 atom stereocenters. The van der Waals surface area contributed by atoms with Crippen molar-refractivity contribution in [2.24, 2.45) is 0 Å². The number of hydrogen-bond acceptors (Lipinski definition) is 3. The highest BCUT2D eigenvalue weighted by Crippen LogP contribution is 2.25. The summed E-state index contributed by atoms with van der Waals surface area (Å²) >= 11 is 0. The van der Waals surface area contributed by atoms with Crippen molar-refractivity contribution < 1.29 is 13.2 Å². The van der Waals surface area contributed by atoms with Gasteiger partial charge in [-0.15, -0.1) is 0 Å². The Hall–Kier alpha value is -2.12. The Morgan fingerprint density at radius 2 is 2.04 bits per heavy atom. The van der Waals surface area contributed by atoms with Gasteiger partial charge in [-0.2, -0.15) is 0 Å². The number of carbonyl (C=O) groups is 1. The number of aromatic nitrogens is 1. The van der Waals surface area contributed by atoms with Crippen molar-refractivity contribution in [3.05, 3.63) is 53.3 Å². The number of hydrogen-bond donors (Lipinski definition) is 2. The summed E-state index contributed by atoms with van der Waals surface area (Å²) in [5.41, 5.74) is 2.57. The second kappa shape index (κ2) is 6.31. The largest absolute Gasteiger partial charge is 0.357 e. The van der Waals surface area contributed by atoms with E-state index in [-0.39, 0.29) is 16.8 Å². The van der Waals surface area contributed by atoms with Gasteiger partial charge in [0.25, 0.3) is 5.91 Å². The number of H-pyrrole nitrogens is 1. The first-order valence-corrected chi connectivity index (χ1v) is 10.1. The van der Waals surface area contributed by atoms with E-state index in [0.717, 1.165) is 36.8 Å². The van der Waals surface area contributed by atoms with E-state index in [1.54, 1.807) is 35.4 Å². The van der Waals surface area contributed by atoms with Crippen LogP contribution in [0.5, 0.6) is 0 Å². The summed E-state index contributed by atoms with van der Waals surface area (Å²) in [6.45, 7) is 1.07. The molecule has 2 heterocycles. The van der Waals surface area contributed by atoms with E-state index < -0.39 is 10.0 Å². The molecule has 2 aliphatic rings. The number of aromatic amines is 1. The Bertz CT molecular complexity index is 886. The van der Waals surface area contributed by atoms with Gasteiger partial charge >= 0.3 is 0 Å². The average molecular weight is 359 g/mol. The average Bonchev–Trinajstić information content (AvgIpc) is 3.11. The van der Waals surface area contributed by atoms with Gasteiger partial charge in [0.1, 0.15) is 5.69 Å². The van der Waals surface area contributed by atoms with Crippen molar-refractivity contribution >= 4 is 15.9 Å². The smallest absolute Gasteiger partial charge is 0.270 e. The highest BCUT2D eigenvalue weighted by molar-refractivity contribution is 7.89. The topological polar surface area (TPSA) is 82.3 Å². The van der Waals surface area contributed by atoms with Crippen LogP contribution in [0.2, 0.25) is 0 Å². The van der Waals surface area contributed by atoms with Gasteiger partial charge in [0.15, 0.2) is 0 Å². The van der Waals surface area contributed by atoms with Crippen LogP contribution >= 0.6 is 0 Å². The number of fused-ring (bicyclic) bond motifs is 1. The zero-order chi connectivity index (χ0) is 17.4. The molecule has 0 radical (unpaired) electrons. The van der Waals surface area contributed by atoms with Crippen molar-refractivity contribution in [1.82, 2.24) is 14.6 Å². The Kier molecular flexibility index (Phi) is 4.13. The van der Waals surface area contributed by atoms with E-state index in [1.165, 1.54) is 0 Å². The number of rotatable bonds is 4. The second-order valence-corrected chi connectivity index (χ2v) is 8.45. The molecule has 1 aliphatic carbocycles. The first-order chi connectivity index (χ1) is 12.0. The second-order valence-electron chi connectivity index (χ2n) is 6.74.